The molecule has 2 fully saturated rings. The second-order valence-corrected chi connectivity index (χ2v) is 10.9. The average molecular weight is 530 g/mol. The minimum Gasteiger partial charge on any atom is -0.395 e. The van der Waals surface area contributed by atoms with Crippen LogP contribution in [0.4, 0.5) is 5.69 Å². The van der Waals surface area contributed by atoms with Crippen molar-refractivity contribution in [3.8, 4) is 0 Å². The first-order valence-electron chi connectivity index (χ1n) is 14.0. The molecule has 4 aliphatic heterocycles. The Hall–Kier alpha value is -3.49. The maximum Gasteiger partial charge on any atom is 0.253 e. The standard InChI is InChI=1S/C31H35N3O5/c1-3-15-32-16-7-13-30(4-2)24(27(32)36)25-28(37)34(18-19-35)26-29(38)33(17-8-14-31(25,26)39-30)23-12-11-21-9-5-6-10-22(21)20-23/h5-14,20,24-26,35H,3-4,15-19H2,1-2H3/t24-,25-,26?,30+,31-/m0/s1. The summed E-state index contributed by atoms with van der Waals surface area (Å²) in [6.45, 7) is 5.05. The molecule has 8 nitrogen and oxygen atoms in total. The quantitative estimate of drug-likeness (QED) is 0.582. The van der Waals surface area contributed by atoms with Crippen LogP contribution in [0.5, 0.6) is 0 Å². The summed E-state index contributed by atoms with van der Waals surface area (Å²) in [5.41, 5.74) is -1.58. The van der Waals surface area contributed by atoms with Gasteiger partial charge in [-0.25, -0.2) is 0 Å². The molecule has 0 aliphatic carbocycles. The van der Waals surface area contributed by atoms with Gasteiger partial charge >= 0.3 is 0 Å². The highest BCUT2D eigenvalue weighted by Gasteiger charge is 2.75. The lowest BCUT2D eigenvalue weighted by atomic mass is 9.73. The molecular weight excluding hydrogens is 494 g/mol. The van der Waals surface area contributed by atoms with E-state index in [1.807, 2.05) is 80.6 Å². The summed E-state index contributed by atoms with van der Waals surface area (Å²) in [6.07, 6.45) is 8.95. The van der Waals surface area contributed by atoms with Crippen molar-refractivity contribution in [1.29, 1.82) is 0 Å². The van der Waals surface area contributed by atoms with E-state index in [1.165, 1.54) is 4.90 Å². The molecule has 0 radical (unpaired) electrons. The van der Waals surface area contributed by atoms with Crippen molar-refractivity contribution in [2.45, 2.75) is 43.9 Å². The van der Waals surface area contributed by atoms with Gasteiger partial charge < -0.3 is 24.5 Å². The molecule has 0 aromatic heterocycles. The number of ether oxygens (including phenoxy) is 1. The topological polar surface area (TPSA) is 90.4 Å². The number of hydrogen-bond donors (Lipinski definition) is 1. The number of likely N-dealkylation sites (tertiary alicyclic amines) is 1. The second kappa shape index (κ2) is 9.61. The molecule has 8 heteroatoms. The minimum atomic E-state index is -1.31. The van der Waals surface area contributed by atoms with Gasteiger partial charge in [0.05, 0.1) is 24.0 Å². The van der Waals surface area contributed by atoms with Gasteiger partial charge in [0.2, 0.25) is 11.8 Å². The third kappa shape index (κ3) is 3.68. The number of nitrogens with zero attached hydrogens (tertiary/aromatic N) is 3. The molecule has 1 unspecified atom stereocenters. The zero-order valence-corrected chi connectivity index (χ0v) is 22.5. The molecule has 4 aliphatic rings. The van der Waals surface area contributed by atoms with Crippen LogP contribution in [-0.2, 0) is 19.1 Å². The fraction of sp³-hybridized carbons (Fsp3) is 0.452. The van der Waals surface area contributed by atoms with E-state index in [2.05, 4.69) is 0 Å². The van der Waals surface area contributed by atoms with Crippen LogP contribution in [0, 0.1) is 11.8 Å². The van der Waals surface area contributed by atoms with Gasteiger partial charge in [-0.15, -0.1) is 0 Å². The van der Waals surface area contributed by atoms with Crippen LogP contribution in [-0.4, -0.2) is 82.7 Å². The fourth-order valence-corrected chi connectivity index (χ4v) is 7.21. The number of benzene rings is 2. The molecular formula is C31H35N3O5. The summed E-state index contributed by atoms with van der Waals surface area (Å²) in [5.74, 6) is -2.31. The molecule has 204 valence electrons. The lowest BCUT2D eigenvalue weighted by Crippen LogP contribution is -2.56. The number of rotatable bonds is 6. The Morgan fingerprint density at radius 2 is 1.67 bits per heavy atom. The number of fused-ring (bicyclic) bond motifs is 3. The minimum absolute atomic E-state index is 0.00913. The normalized spacial score (nSPS) is 31.9. The predicted octanol–water partition coefficient (Wildman–Crippen LogP) is 2.90. The molecule has 3 amide bonds. The molecule has 5 atom stereocenters. The molecule has 6 rings (SSSR count). The zero-order chi connectivity index (χ0) is 27.4. The molecule has 2 aromatic rings. The van der Waals surface area contributed by atoms with Crippen molar-refractivity contribution in [2.24, 2.45) is 11.8 Å². The molecule has 1 N–H and O–H groups in total. The Kier molecular flexibility index (Phi) is 6.35. The van der Waals surface area contributed by atoms with Crippen molar-refractivity contribution in [3.63, 3.8) is 0 Å². The van der Waals surface area contributed by atoms with E-state index in [0.29, 0.717) is 26.1 Å². The van der Waals surface area contributed by atoms with Crippen LogP contribution in [0.1, 0.15) is 26.7 Å². The highest BCUT2D eigenvalue weighted by atomic mass is 16.5. The highest BCUT2D eigenvalue weighted by Crippen LogP contribution is 2.58. The Bertz CT molecular complexity index is 1390. The van der Waals surface area contributed by atoms with Crippen LogP contribution in [0.3, 0.4) is 0 Å². The Labute approximate surface area is 228 Å². The first-order chi connectivity index (χ1) is 18.9. The third-order valence-corrected chi connectivity index (χ3v) is 8.90. The Morgan fingerprint density at radius 3 is 2.41 bits per heavy atom. The average Bonchev–Trinajstić information content (AvgIpc) is 3.23. The smallest absolute Gasteiger partial charge is 0.253 e. The van der Waals surface area contributed by atoms with Crippen LogP contribution >= 0.6 is 0 Å². The first-order valence-corrected chi connectivity index (χ1v) is 14.0. The lowest BCUT2D eigenvalue weighted by molar-refractivity contribution is -0.150. The van der Waals surface area contributed by atoms with E-state index in [1.54, 1.807) is 9.80 Å². The summed E-state index contributed by atoms with van der Waals surface area (Å²) in [4.78, 5) is 47.6. The van der Waals surface area contributed by atoms with Gasteiger partial charge in [-0.1, -0.05) is 68.5 Å². The maximum atomic E-state index is 14.5. The molecule has 2 saturated heterocycles. The highest BCUT2D eigenvalue weighted by molar-refractivity contribution is 6.06. The summed E-state index contributed by atoms with van der Waals surface area (Å²) in [7, 11) is 0. The number of aliphatic hydroxyl groups excluding tert-OH is 1. The van der Waals surface area contributed by atoms with E-state index in [0.717, 1.165) is 22.9 Å². The van der Waals surface area contributed by atoms with Crippen LogP contribution in [0.2, 0.25) is 0 Å². The zero-order valence-electron chi connectivity index (χ0n) is 22.5. The lowest BCUT2D eigenvalue weighted by Gasteiger charge is -2.38. The van der Waals surface area contributed by atoms with Crippen molar-refractivity contribution in [1.82, 2.24) is 9.80 Å². The van der Waals surface area contributed by atoms with E-state index >= 15 is 0 Å². The number of carbonyl (C=O) groups is 3. The van der Waals surface area contributed by atoms with Crippen molar-refractivity contribution < 1.29 is 24.2 Å². The number of β-amino-alcohol motifs (C(OH)–C–C–N with tert-alkyl or cyclic N) is 1. The molecule has 39 heavy (non-hydrogen) atoms. The van der Waals surface area contributed by atoms with Gasteiger partial charge in [-0.05, 0) is 35.7 Å². The number of anilines is 1. The van der Waals surface area contributed by atoms with E-state index in [-0.39, 0.29) is 30.9 Å². The van der Waals surface area contributed by atoms with E-state index in [9.17, 15) is 19.5 Å². The molecule has 4 heterocycles. The summed E-state index contributed by atoms with van der Waals surface area (Å²) < 4.78 is 6.93. The fourth-order valence-electron chi connectivity index (χ4n) is 7.21. The van der Waals surface area contributed by atoms with Gasteiger partial charge in [0.15, 0.2) is 0 Å². The molecule has 0 bridgehead atoms. The monoisotopic (exact) mass is 529 g/mol. The van der Waals surface area contributed by atoms with E-state index < -0.39 is 29.1 Å². The van der Waals surface area contributed by atoms with Crippen LogP contribution in [0.25, 0.3) is 10.8 Å². The molecule has 0 saturated carbocycles. The largest absolute Gasteiger partial charge is 0.395 e. The summed E-state index contributed by atoms with van der Waals surface area (Å²) >= 11 is 0. The van der Waals surface area contributed by atoms with Gasteiger partial charge in [0.1, 0.15) is 11.6 Å². The van der Waals surface area contributed by atoms with Crippen LogP contribution < -0.4 is 4.90 Å². The number of aliphatic hydroxyl groups is 1. The number of carbonyl (C=O) groups excluding carboxylic acids is 3. The van der Waals surface area contributed by atoms with E-state index in [4.69, 9.17) is 4.74 Å². The summed E-state index contributed by atoms with van der Waals surface area (Å²) in [6, 6.07) is 12.8. The second-order valence-electron chi connectivity index (χ2n) is 10.9. The van der Waals surface area contributed by atoms with Crippen molar-refractivity contribution >= 4 is 34.2 Å². The van der Waals surface area contributed by atoms with Gasteiger partial charge in [0.25, 0.3) is 5.91 Å². The van der Waals surface area contributed by atoms with Crippen LogP contribution in [0.15, 0.2) is 66.8 Å². The SMILES string of the molecule is CCCN1CC=C[C@@]2(CC)O[C@]34C=CCN(c5ccc6ccccc6c5)C(=O)C3N(CCO)C(=O)[C@@H]4[C@H]2C1=O. The first kappa shape index (κ1) is 25.8. The van der Waals surface area contributed by atoms with Crippen molar-refractivity contribution in [2.75, 3.05) is 37.7 Å². The predicted molar refractivity (Wildman–Crippen MR) is 148 cm³/mol. The van der Waals surface area contributed by atoms with Gasteiger partial charge in [0, 0.05) is 31.9 Å². The molecule has 1 spiro atoms. The Balaban J connectivity index is 1.47. The molecule has 2 aromatic carbocycles. The Morgan fingerprint density at radius 1 is 0.897 bits per heavy atom. The number of amides is 3. The van der Waals surface area contributed by atoms with Gasteiger partial charge in [-0.2, -0.15) is 0 Å². The third-order valence-electron chi connectivity index (χ3n) is 8.90. The van der Waals surface area contributed by atoms with Gasteiger partial charge in [-0.3, -0.25) is 14.4 Å². The maximum absolute atomic E-state index is 14.5. The summed E-state index contributed by atoms with van der Waals surface area (Å²) in [5, 5.41) is 12.0. The van der Waals surface area contributed by atoms with Crippen molar-refractivity contribution in [3.05, 3.63) is 66.8 Å². The number of hydrogen-bond acceptors (Lipinski definition) is 5.